The Morgan fingerprint density at radius 1 is 1.37 bits per heavy atom. The van der Waals surface area contributed by atoms with Crippen molar-refractivity contribution in [3.05, 3.63) is 18.3 Å². The van der Waals surface area contributed by atoms with E-state index in [1.807, 2.05) is 6.92 Å². The van der Waals surface area contributed by atoms with Gasteiger partial charge in [0.2, 0.25) is 15.9 Å². The molecule has 0 fully saturated rings. The van der Waals surface area contributed by atoms with Crippen molar-refractivity contribution in [1.82, 2.24) is 15.0 Å². The van der Waals surface area contributed by atoms with Crippen LogP contribution in [0, 0.1) is 0 Å². The Labute approximate surface area is 112 Å². The highest BCUT2D eigenvalue weighted by atomic mass is 32.2. The van der Waals surface area contributed by atoms with E-state index in [0.29, 0.717) is 12.4 Å². The van der Waals surface area contributed by atoms with Crippen LogP contribution in [0.25, 0.3) is 0 Å². The highest BCUT2D eigenvalue weighted by Gasteiger charge is 2.14. The maximum absolute atomic E-state index is 11.9. The van der Waals surface area contributed by atoms with E-state index in [4.69, 9.17) is 0 Å². The van der Waals surface area contributed by atoms with Crippen LogP contribution in [0.1, 0.15) is 13.3 Å². The molecule has 1 amide bonds. The second-order valence-corrected chi connectivity index (χ2v) is 5.50. The molecule has 7 nitrogen and oxygen atoms in total. The normalized spacial score (nSPS) is 11.1. The maximum atomic E-state index is 11.9. The summed E-state index contributed by atoms with van der Waals surface area (Å²) in [5.41, 5.74) is 0. The average Bonchev–Trinajstić information content (AvgIpc) is 2.39. The molecule has 0 aliphatic heterocycles. The Morgan fingerprint density at radius 2 is 2.11 bits per heavy atom. The van der Waals surface area contributed by atoms with Crippen molar-refractivity contribution in [3.63, 3.8) is 0 Å². The van der Waals surface area contributed by atoms with Crippen LogP contribution in [0.4, 0.5) is 5.82 Å². The molecule has 0 radical (unpaired) electrons. The number of hydrogen-bond acceptors (Lipinski definition) is 5. The van der Waals surface area contributed by atoms with Gasteiger partial charge in [0.25, 0.3) is 0 Å². The van der Waals surface area contributed by atoms with Crippen LogP contribution in [-0.4, -0.2) is 39.4 Å². The van der Waals surface area contributed by atoms with Crippen LogP contribution < -0.4 is 15.4 Å². The Balaban J connectivity index is 2.64. The third-order valence-corrected chi connectivity index (χ3v) is 3.77. The highest BCUT2D eigenvalue weighted by molar-refractivity contribution is 7.89. The highest BCUT2D eigenvalue weighted by Crippen LogP contribution is 2.10. The molecule has 0 saturated heterocycles. The van der Waals surface area contributed by atoms with Gasteiger partial charge in [-0.25, -0.2) is 18.1 Å². The number of nitrogens with one attached hydrogen (secondary N) is 3. The molecule has 0 aliphatic rings. The third kappa shape index (κ3) is 4.84. The first-order valence-electron chi connectivity index (χ1n) is 5.89. The van der Waals surface area contributed by atoms with Gasteiger partial charge in [-0.3, -0.25) is 4.79 Å². The minimum Gasteiger partial charge on any atom is -0.370 e. The number of rotatable bonds is 7. The van der Waals surface area contributed by atoms with E-state index in [1.54, 1.807) is 6.07 Å². The predicted octanol–water partition coefficient (Wildman–Crippen LogP) is -0.0722. The molecule has 8 heteroatoms. The summed E-state index contributed by atoms with van der Waals surface area (Å²) in [6, 6.07) is 3.06. The summed E-state index contributed by atoms with van der Waals surface area (Å²) >= 11 is 0. The van der Waals surface area contributed by atoms with Gasteiger partial charge in [0.1, 0.15) is 10.7 Å². The van der Waals surface area contributed by atoms with Crippen LogP contribution in [0.2, 0.25) is 0 Å². The molecule has 0 unspecified atom stereocenters. The summed E-state index contributed by atoms with van der Waals surface area (Å²) in [6.07, 6.45) is 1.37. The Hall–Kier alpha value is -1.67. The lowest BCUT2D eigenvalue weighted by Gasteiger charge is -2.07. The molecule has 0 bridgehead atoms. The Kier molecular flexibility index (Phi) is 5.71. The molecule has 1 aromatic rings. The Bertz CT molecular complexity index is 513. The number of nitrogens with zero attached hydrogens (tertiary/aromatic N) is 1. The van der Waals surface area contributed by atoms with E-state index in [0.717, 1.165) is 0 Å². The summed E-state index contributed by atoms with van der Waals surface area (Å²) in [6.45, 7) is 2.69. The van der Waals surface area contributed by atoms with Gasteiger partial charge in [0.15, 0.2) is 0 Å². The summed E-state index contributed by atoms with van der Waals surface area (Å²) in [5, 5.41) is 5.39. The minimum atomic E-state index is -3.62. The molecule has 106 valence electrons. The average molecular weight is 286 g/mol. The number of sulfonamides is 1. The number of pyridine rings is 1. The van der Waals surface area contributed by atoms with Gasteiger partial charge in [0.05, 0.1) is 0 Å². The molecule has 0 saturated carbocycles. The van der Waals surface area contributed by atoms with Gasteiger partial charge >= 0.3 is 0 Å². The number of amides is 1. The lowest BCUT2D eigenvalue weighted by atomic mass is 10.4. The number of carbonyl (C=O) groups excluding carboxylic acids is 1. The van der Waals surface area contributed by atoms with Gasteiger partial charge in [0, 0.05) is 32.8 Å². The number of aromatic nitrogens is 1. The first kappa shape index (κ1) is 15.4. The standard InChI is InChI=1S/C11H18N4O3S/c1-3-13-10-5-4-9(8-14-10)19(17,18)15-7-6-11(16)12-2/h4-5,8,15H,3,6-7H2,1-2H3,(H,12,16)(H,13,14). The molecule has 0 aromatic carbocycles. The summed E-state index contributed by atoms with van der Waals surface area (Å²) < 4.78 is 26.1. The lowest BCUT2D eigenvalue weighted by Crippen LogP contribution is -2.29. The molecule has 1 heterocycles. The lowest BCUT2D eigenvalue weighted by molar-refractivity contribution is -0.120. The van der Waals surface area contributed by atoms with Crippen LogP contribution in [0.5, 0.6) is 0 Å². The fraction of sp³-hybridized carbons (Fsp3) is 0.455. The van der Waals surface area contributed by atoms with Crippen LogP contribution in [-0.2, 0) is 14.8 Å². The monoisotopic (exact) mass is 286 g/mol. The first-order valence-corrected chi connectivity index (χ1v) is 7.38. The van der Waals surface area contributed by atoms with Crippen LogP contribution >= 0.6 is 0 Å². The van der Waals surface area contributed by atoms with E-state index < -0.39 is 10.0 Å². The van der Waals surface area contributed by atoms with Crippen molar-refractivity contribution in [2.45, 2.75) is 18.2 Å². The molecule has 3 N–H and O–H groups in total. The van der Waals surface area contributed by atoms with Crippen molar-refractivity contribution in [1.29, 1.82) is 0 Å². The van der Waals surface area contributed by atoms with Crippen LogP contribution in [0.15, 0.2) is 23.2 Å². The molecular weight excluding hydrogens is 268 g/mol. The minimum absolute atomic E-state index is 0.0525. The maximum Gasteiger partial charge on any atom is 0.242 e. The second kappa shape index (κ2) is 7.05. The molecule has 0 atom stereocenters. The topological polar surface area (TPSA) is 100 Å². The summed E-state index contributed by atoms with van der Waals surface area (Å²) in [4.78, 5) is 15.0. The number of carbonyl (C=O) groups is 1. The zero-order chi connectivity index (χ0) is 14.3. The largest absolute Gasteiger partial charge is 0.370 e. The van der Waals surface area contributed by atoms with Crippen molar-refractivity contribution < 1.29 is 13.2 Å². The third-order valence-electron chi connectivity index (χ3n) is 2.33. The van der Waals surface area contributed by atoms with Gasteiger partial charge in [-0.05, 0) is 19.1 Å². The van der Waals surface area contributed by atoms with E-state index in [9.17, 15) is 13.2 Å². The fourth-order valence-electron chi connectivity index (χ4n) is 1.33. The van der Waals surface area contributed by atoms with Gasteiger partial charge in [-0.15, -0.1) is 0 Å². The quantitative estimate of drug-likeness (QED) is 0.651. The van der Waals surface area contributed by atoms with Crippen molar-refractivity contribution >= 4 is 21.7 Å². The fourth-order valence-corrected chi connectivity index (χ4v) is 2.31. The molecule has 0 aliphatic carbocycles. The molecule has 19 heavy (non-hydrogen) atoms. The molecule has 0 spiro atoms. The van der Waals surface area contributed by atoms with Gasteiger partial charge in [-0.2, -0.15) is 0 Å². The van der Waals surface area contributed by atoms with E-state index in [-0.39, 0.29) is 23.8 Å². The van der Waals surface area contributed by atoms with E-state index >= 15 is 0 Å². The zero-order valence-corrected chi connectivity index (χ0v) is 11.8. The molecule has 1 aromatic heterocycles. The summed E-state index contributed by atoms with van der Waals surface area (Å²) in [5.74, 6) is 0.398. The van der Waals surface area contributed by atoms with Crippen molar-refractivity contribution in [2.24, 2.45) is 0 Å². The molecular formula is C11H18N4O3S. The predicted molar refractivity (Wildman–Crippen MR) is 72.3 cm³/mol. The smallest absolute Gasteiger partial charge is 0.242 e. The van der Waals surface area contributed by atoms with Crippen LogP contribution in [0.3, 0.4) is 0 Å². The Morgan fingerprint density at radius 3 is 2.63 bits per heavy atom. The van der Waals surface area contributed by atoms with Gasteiger partial charge < -0.3 is 10.6 Å². The zero-order valence-electron chi connectivity index (χ0n) is 10.9. The SMILES string of the molecule is CCNc1ccc(S(=O)(=O)NCCC(=O)NC)cn1. The van der Waals surface area contributed by atoms with Gasteiger partial charge in [-0.1, -0.05) is 0 Å². The summed E-state index contributed by atoms with van der Waals surface area (Å²) in [7, 11) is -2.12. The van der Waals surface area contributed by atoms with Crippen molar-refractivity contribution in [2.75, 3.05) is 25.5 Å². The van der Waals surface area contributed by atoms with Crippen molar-refractivity contribution in [3.8, 4) is 0 Å². The number of anilines is 1. The molecule has 1 rings (SSSR count). The van der Waals surface area contributed by atoms with E-state index in [1.165, 1.54) is 19.3 Å². The first-order chi connectivity index (χ1) is 8.99. The van der Waals surface area contributed by atoms with E-state index in [2.05, 4.69) is 20.3 Å². The second-order valence-electron chi connectivity index (χ2n) is 3.73. The number of hydrogen-bond donors (Lipinski definition) is 3.